The first-order valence-corrected chi connectivity index (χ1v) is 13.4. The van der Waals surface area contributed by atoms with Gasteiger partial charge >= 0.3 is 5.97 Å². The number of rotatable bonds is 24. The molecule has 0 aliphatic carbocycles. The summed E-state index contributed by atoms with van der Waals surface area (Å²) >= 11 is 0. The van der Waals surface area contributed by atoms with Crippen molar-refractivity contribution in [3.63, 3.8) is 0 Å². The predicted octanol–water partition coefficient (Wildman–Crippen LogP) is 7.87. The third-order valence-corrected chi connectivity index (χ3v) is 6.19. The molecule has 4 nitrogen and oxygen atoms in total. The van der Waals surface area contributed by atoms with Gasteiger partial charge in [0.2, 0.25) is 0 Å². The van der Waals surface area contributed by atoms with Crippen LogP contribution in [0.15, 0.2) is 0 Å². The maximum absolute atomic E-state index is 12.9. The van der Waals surface area contributed by atoms with E-state index in [1.165, 1.54) is 77.0 Å². The summed E-state index contributed by atoms with van der Waals surface area (Å²) in [7, 11) is 0. The molecule has 0 N–H and O–H groups in total. The van der Waals surface area contributed by atoms with Crippen molar-refractivity contribution in [3.05, 3.63) is 0 Å². The van der Waals surface area contributed by atoms with E-state index in [-0.39, 0.29) is 11.4 Å². The molecule has 0 aliphatic heterocycles. The molecule has 0 aromatic carbocycles. The third kappa shape index (κ3) is 18.6. The fraction of sp³-hybridized carbons (Fsp3) is 0.963. The summed E-state index contributed by atoms with van der Waals surface area (Å²) in [6, 6.07) is 0. The zero-order chi connectivity index (χ0) is 23.0. The quantitative estimate of drug-likeness (QED) is 0.113. The molecule has 1 unspecified atom stereocenters. The molecule has 0 rings (SSSR count). The zero-order valence-electron chi connectivity index (χ0n) is 21.5. The monoisotopic (exact) mass is 442 g/mol. The van der Waals surface area contributed by atoms with Crippen LogP contribution in [0.1, 0.15) is 130 Å². The molecular weight excluding hydrogens is 388 g/mol. The van der Waals surface area contributed by atoms with Crippen molar-refractivity contribution in [1.29, 1.82) is 0 Å². The summed E-state index contributed by atoms with van der Waals surface area (Å²) < 4.78 is 16.4. The lowest BCUT2D eigenvalue weighted by atomic mass is 9.79. The van der Waals surface area contributed by atoms with E-state index in [2.05, 4.69) is 20.8 Å². The van der Waals surface area contributed by atoms with Crippen molar-refractivity contribution in [3.8, 4) is 0 Å². The van der Waals surface area contributed by atoms with E-state index in [1.807, 2.05) is 6.92 Å². The Morgan fingerprint density at radius 2 is 1.00 bits per heavy atom. The van der Waals surface area contributed by atoms with E-state index >= 15 is 0 Å². The minimum Gasteiger partial charge on any atom is -0.463 e. The van der Waals surface area contributed by atoms with Crippen LogP contribution in [-0.2, 0) is 19.0 Å². The highest BCUT2D eigenvalue weighted by Crippen LogP contribution is 2.33. The molecule has 0 bridgehead atoms. The highest BCUT2D eigenvalue weighted by Gasteiger charge is 2.33. The lowest BCUT2D eigenvalue weighted by Crippen LogP contribution is -2.31. The molecule has 1 atom stereocenters. The molecule has 0 fully saturated rings. The summed E-state index contributed by atoms with van der Waals surface area (Å²) in [5, 5.41) is 0. The number of unbranched alkanes of at least 4 members (excludes halogenated alkanes) is 12. The van der Waals surface area contributed by atoms with Gasteiger partial charge in [0.15, 0.2) is 0 Å². The maximum Gasteiger partial charge on any atom is 0.311 e. The Labute approximate surface area is 194 Å². The summed E-state index contributed by atoms with van der Waals surface area (Å²) in [5.74, 6) is -0.0302. The average molecular weight is 443 g/mol. The van der Waals surface area contributed by atoms with Gasteiger partial charge in [-0.05, 0) is 26.7 Å². The van der Waals surface area contributed by atoms with E-state index < -0.39 is 0 Å². The molecule has 0 spiro atoms. The first-order chi connectivity index (χ1) is 15.1. The van der Waals surface area contributed by atoms with Gasteiger partial charge in [-0.25, -0.2) is 0 Å². The van der Waals surface area contributed by atoms with E-state index in [0.29, 0.717) is 33.0 Å². The normalized spacial score (nSPS) is 13.3. The van der Waals surface area contributed by atoms with Crippen molar-refractivity contribution in [1.82, 2.24) is 0 Å². The van der Waals surface area contributed by atoms with E-state index in [0.717, 1.165) is 25.7 Å². The van der Waals surface area contributed by atoms with Crippen LogP contribution in [-0.4, -0.2) is 39.0 Å². The predicted molar refractivity (Wildman–Crippen MR) is 132 cm³/mol. The minimum atomic E-state index is -0.349. The molecule has 0 heterocycles. The SMILES string of the molecule is CCCCCCCCCCC(C)(CCCCCCCC)C(=O)OCCOCCOCC. The van der Waals surface area contributed by atoms with Gasteiger partial charge in [-0.2, -0.15) is 0 Å². The molecule has 0 saturated carbocycles. The Bertz CT molecular complexity index is 385. The summed E-state index contributed by atoms with van der Waals surface area (Å²) in [6.45, 7) is 11.2. The van der Waals surface area contributed by atoms with Crippen molar-refractivity contribution in [2.75, 3.05) is 33.0 Å². The molecule has 0 aliphatic rings. The van der Waals surface area contributed by atoms with Gasteiger partial charge < -0.3 is 14.2 Å². The van der Waals surface area contributed by atoms with Gasteiger partial charge in [0.1, 0.15) is 6.61 Å². The second-order valence-electron chi connectivity index (χ2n) is 9.25. The Morgan fingerprint density at radius 1 is 0.581 bits per heavy atom. The third-order valence-electron chi connectivity index (χ3n) is 6.19. The molecule has 0 aromatic heterocycles. The first kappa shape index (κ1) is 30.4. The van der Waals surface area contributed by atoms with E-state index in [9.17, 15) is 4.79 Å². The zero-order valence-corrected chi connectivity index (χ0v) is 21.5. The molecular formula is C27H54O4. The summed E-state index contributed by atoms with van der Waals surface area (Å²) in [5.41, 5.74) is -0.349. The lowest BCUT2D eigenvalue weighted by Gasteiger charge is -2.27. The van der Waals surface area contributed by atoms with Gasteiger partial charge in [0.05, 0.1) is 25.2 Å². The number of esters is 1. The first-order valence-electron chi connectivity index (χ1n) is 13.4. The van der Waals surface area contributed by atoms with Gasteiger partial charge in [0, 0.05) is 6.61 Å². The van der Waals surface area contributed by atoms with Gasteiger partial charge in [-0.1, -0.05) is 104 Å². The van der Waals surface area contributed by atoms with Crippen molar-refractivity contribution in [2.24, 2.45) is 5.41 Å². The largest absolute Gasteiger partial charge is 0.463 e. The molecule has 0 saturated heterocycles. The average Bonchev–Trinajstić information content (AvgIpc) is 2.77. The second kappa shape index (κ2) is 22.6. The van der Waals surface area contributed by atoms with Crippen LogP contribution < -0.4 is 0 Å². The smallest absolute Gasteiger partial charge is 0.311 e. The van der Waals surface area contributed by atoms with Crippen LogP contribution in [0.5, 0.6) is 0 Å². The van der Waals surface area contributed by atoms with Gasteiger partial charge in [0.25, 0.3) is 0 Å². The van der Waals surface area contributed by atoms with Crippen LogP contribution in [0.4, 0.5) is 0 Å². The van der Waals surface area contributed by atoms with Crippen LogP contribution >= 0.6 is 0 Å². The molecule has 186 valence electrons. The summed E-state index contributed by atoms with van der Waals surface area (Å²) in [4.78, 5) is 12.9. The maximum atomic E-state index is 12.9. The van der Waals surface area contributed by atoms with Crippen molar-refractivity contribution < 1.29 is 19.0 Å². The molecule has 0 aromatic rings. The standard InChI is InChI=1S/C27H54O4/c1-5-8-10-12-14-15-17-19-21-27(4,20-18-16-13-11-9-6-2)26(28)31-25-24-30-23-22-29-7-3/h5-25H2,1-4H3. The van der Waals surface area contributed by atoms with Crippen LogP contribution in [0.25, 0.3) is 0 Å². The Balaban J connectivity index is 4.25. The number of carbonyl (C=O) groups is 1. The molecule has 0 radical (unpaired) electrons. The number of carbonyl (C=O) groups excluding carboxylic acids is 1. The molecule has 31 heavy (non-hydrogen) atoms. The summed E-state index contributed by atoms with van der Waals surface area (Å²) in [6.07, 6.45) is 19.8. The van der Waals surface area contributed by atoms with Gasteiger partial charge in [-0.15, -0.1) is 0 Å². The number of hydrogen-bond acceptors (Lipinski definition) is 4. The fourth-order valence-electron chi connectivity index (χ4n) is 4.01. The van der Waals surface area contributed by atoms with Crippen molar-refractivity contribution in [2.45, 2.75) is 130 Å². The van der Waals surface area contributed by atoms with Crippen LogP contribution in [0.3, 0.4) is 0 Å². The highest BCUT2D eigenvalue weighted by atomic mass is 16.6. The minimum absolute atomic E-state index is 0.0302. The highest BCUT2D eigenvalue weighted by molar-refractivity contribution is 5.76. The molecule has 4 heteroatoms. The van der Waals surface area contributed by atoms with Crippen LogP contribution in [0, 0.1) is 5.41 Å². The van der Waals surface area contributed by atoms with Crippen LogP contribution in [0.2, 0.25) is 0 Å². The fourth-order valence-corrected chi connectivity index (χ4v) is 4.01. The molecule has 0 amide bonds. The Kier molecular flexibility index (Phi) is 22.1. The lowest BCUT2D eigenvalue weighted by molar-refractivity contribution is -0.157. The van der Waals surface area contributed by atoms with E-state index in [4.69, 9.17) is 14.2 Å². The number of hydrogen-bond donors (Lipinski definition) is 0. The van der Waals surface area contributed by atoms with Crippen molar-refractivity contribution >= 4 is 5.97 Å². The second-order valence-corrected chi connectivity index (χ2v) is 9.25. The Hall–Kier alpha value is -0.610. The van der Waals surface area contributed by atoms with Gasteiger partial charge in [-0.3, -0.25) is 4.79 Å². The topological polar surface area (TPSA) is 44.8 Å². The van der Waals surface area contributed by atoms with E-state index in [1.54, 1.807) is 0 Å². The Morgan fingerprint density at radius 3 is 1.48 bits per heavy atom. The number of ether oxygens (including phenoxy) is 3.